The van der Waals surface area contributed by atoms with Crippen molar-refractivity contribution in [2.75, 3.05) is 6.54 Å². The van der Waals surface area contributed by atoms with Crippen molar-refractivity contribution in [2.45, 2.75) is 66.9 Å². The van der Waals surface area contributed by atoms with Crippen molar-refractivity contribution in [3.8, 4) is 0 Å². The number of nitrogens with one attached hydrogen (secondary N) is 1. The number of amides is 1. The maximum Gasteiger partial charge on any atom is 0.338 e. The zero-order valence-corrected chi connectivity index (χ0v) is 21.7. The topological polar surface area (TPSA) is 55.4 Å². The van der Waals surface area contributed by atoms with Crippen molar-refractivity contribution in [1.82, 2.24) is 5.32 Å². The SMILES string of the molecule is CC(C)CC(OC(=O)c1ccc(F)cc1)C(CNC(=O)c1ccc(F)cc1)(CC(C)C)CC(C)C. The third kappa shape index (κ3) is 8.75. The van der Waals surface area contributed by atoms with Gasteiger partial charge in [0.25, 0.3) is 5.91 Å². The maximum absolute atomic E-state index is 13.4. The van der Waals surface area contributed by atoms with Crippen LogP contribution < -0.4 is 5.32 Å². The minimum Gasteiger partial charge on any atom is -0.458 e. The number of benzene rings is 2. The van der Waals surface area contributed by atoms with Crippen molar-refractivity contribution < 1.29 is 23.1 Å². The third-order valence-electron chi connectivity index (χ3n) is 6.03. The monoisotopic (exact) mass is 487 g/mol. The van der Waals surface area contributed by atoms with Gasteiger partial charge in [0.1, 0.15) is 17.7 Å². The number of esters is 1. The van der Waals surface area contributed by atoms with E-state index in [2.05, 4.69) is 46.9 Å². The van der Waals surface area contributed by atoms with E-state index in [0.717, 1.165) is 12.8 Å². The van der Waals surface area contributed by atoms with E-state index in [-0.39, 0.29) is 23.7 Å². The standard InChI is InChI=1S/C29H39F2NO3/c1-19(2)15-26(35-28(34)23-9-13-25(31)14-10-23)29(16-20(3)4,17-21(5)6)18-32-27(33)22-7-11-24(30)12-8-22/h7-14,19-21,26H,15-18H2,1-6H3,(H,32,33). The minimum atomic E-state index is -0.516. The van der Waals surface area contributed by atoms with E-state index in [1.165, 1.54) is 48.5 Å². The fraction of sp³-hybridized carbons (Fsp3) is 0.517. The first-order valence-corrected chi connectivity index (χ1v) is 12.4. The molecule has 0 fully saturated rings. The molecule has 0 aromatic heterocycles. The van der Waals surface area contributed by atoms with Gasteiger partial charge in [-0.15, -0.1) is 0 Å². The number of carbonyl (C=O) groups excluding carboxylic acids is 2. The molecule has 1 N–H and O–H groups in total. The Labute approximate surface area is 208 Å². The van der Waals surface area contributed by atoms with Crippen molar-refractivity contribution in [3.05, 3.63) is 71.3 Å². The van der Waals surface area contributed by atoms with Gasteiger partial charge < -0.3 is 10.1 Å². The van der Waals surface area contributed by atoms with E-state index >= 15 is 0 Å². The number of hydrogen-bond donors (Lipinski definition) is 1. The minimum absolute atomic E-state index is 0.243. The number of carbonyl (C=O) groups is 2. The first-order valence-electron chi connectivity index (χ1n) is 12.4. The van der Waals surface area contributed by atoms with Crippen molar-refractivity contribution in [3.63, 3.8) is 0 Å². The normalized spacial score (nSPS) is 12.8. The van der Waals surface area contributed by atoms with Gasteiger partial charge in [0.2, 0.25) is 0 Å². The smallest absolute Gasteiger partial charge is 0.338 e. The molecule has 192 valence electrons. The fourth-order valence-electron chi connectivity index (χ4n) is 4.82. The van der Waals surface area contributed by atoms with Crippen LogP contribution in [0.5, 0.6) is 0 Å². The lowest BCUT2D eigenvalue weighted by Crippen LogP contribution is -2.49. The summed E-state index contributed by atoms with van der Waals surface area (Å²) in [5, 5.41) is 3.04. The van der Waals surface area contributed by atoms with Crippen LogP contribution in [0.4, 0.5) is 8.78 Å². The van der Waals surface area contributed by atoms with Gasteiger partial charge in [-0.3, -0.25) is 4.79 Å². The molecule has 1 unspecified atom stereocenters. The Kier molecular flexibility index (Phi) is 10.4. The molecule has 35 heavy (non-hydrogen) atoms. The summed E-state index contributed by atoms with van der Waals surface area (Å²) in [4.78, 5) is 26.0. The van der Waals surface area contributed by atoms with Crippen LogP contribution in [0.2, 0.25) is 0 Å². The van der Waals surface area contributed by atoms with Gasteiger partial charge in [0, 0.05) is 17.5 Å². The number of ether oxygens (including phenoxy) is 1. The van der Waals surface area contributed by atoms with Crippen molar-refractivity contribution in [1.29, 1.82) is 0 Å². The summed E-state index contributed by atoms with van der Waals surface area (Å²) in [6.07, 6.45) is 1.64. The number of rotatable bonds is 12. The van der Waals surface area contributed by atoms with Crippen LogP contribution in [0, 0.1) is 34.8 Å². The lowest BCUT2D eigenvalue weighted by molar-refractivity contribution is -0.0442. The highest BCUT2D eigenvalue weighted by atomic mass is 19.1. The second kappa shape index (κ2) is 12.8. The van der Waals surface area contributed by atoms with E-state index < -0.39 is 29.1 Å². The quantitative estimate of drug-likeness (QED) is 0.327. The second-order valence-corrected chi connectivity index (χ2v) is 10.8. The highest BCUT2D eigenvalue weighted by molar-refractivity contribution is 5.94. The van der Waals surface area contributed by atoms with Crippen LogP contribution in [-0.4, -0.2) is 24.5 Å². The first kappa shape index (κ1) is 28.5. The van der Waals surface area contributed by atoms with E-state index in [4.69, 9.17) is 4.74 Å². The zero-order valence-electron chi connectivity index (χ0n) is 21.7. The van der Waals surface area contributed by atoms with E-state index in [1.807, 2.05) is 0 Å². The summed E-state index contributed by atoms with van der Waals surface area (Å²) < 4.78 is 32.9. The Morgan fingerprint density at radius 1 is 0.771 bits per heavy atom. The molecule has 0 radical (unpaired) electrons. The Morgan fingerprint density at radius 2 is 1.23 bits per heavy atom. The largest absolute Gasteiger partial charge is 0.458 e. The van der Waals surface area contributed by atoms with Gasteiger partial charge >= 0.3 is 5.97 Å². The predicted octanol–water partition coefficient (Wildman–Crippen LogP) is 7.04. The molecule has 0 saturated heterocycles. The molecule has 0 aliphatic rings. The average molecular weight is 488 g/mol. The molecule has 0 spiro atoms. The second-order valence-electron chi connectivity index (χ2n) is 10.8. The van der Waals surface area contributed by atoms with Crippen LogP contribution in [-0.2, 0) is 4.74 Å². The Bertz CT molecular complexity index is 943. The number of hydrogen-bond acceptors (Lipinski definition) is 3. The molecule has 1 amide bonds. The van der Waals surface area contributed by atoms with Gasteiger partial charge in [-0.2, -0.15) is 0 Å². The van der Waals surface area contributed by atoms with Gasteiger partial charge in [-0.05, 0) is 85.5 Å². The van der Waals surface area contributed by atoms with E-state index in [0.29, 0.717) is 24.1 Å². The highest BCUT2D eigenvalue weighted by Crippen LogP contribution is 2.41. The molecule has 0 aliphatic heterocycles. The van der Waals surface area contributed by atoms with E-state index in [9.17, 15) is 18.4 Å². The Morgan fingerprint density at radius 3 is 1.66 bits per heavy atom. The molecule has 2 aromatic carbocycles. The number of halogens is 2. The van der Waals surface area contributed by atoms with Gasteiger partial charge in [0.15, 0.2) is 0 Å². The molecule has 2 rings (SSSR count). The first-order chi connectivity index (χ1) is 16.4. The molecule has 2 aromatic rings. The lowest BCUT2D eigenvalue weighted by Gasteiger charge is -2.43. The Hall–Kier alpha value is -2.76. The van der Waals surface area contributed by atoms with Gasteiger partial charge in [-0.25, -0.2) is 13.6 Å². The fourth-order valence-corrected chi connectivity index (χ4v) is 4.82. The molecule has 0 aliphatic carbocycles. The van der Waals surface area contributed by atoms with Gasteiger partial charge in [-0.1, -0.05) is 41.5 Å². The van der Waals surface area contributed by atoms with Crippen molar-refractivity contribution >= 4 is 11.9 Å². The third-order valence-corrected chi connectivity index (χ3v) is 6.03. The summed E-state index contributed by atoms with van der Waals surface area (Å²) in [6, 6.07) is 10.8. The Balaban J connectivity index is 2.40. The van der Waals surface area contributed by atoms with Crippen LogP contribution in [0.15, 0.2) is 48.5 Å². The lowest BCUT2D eigenvalue weighted by atomic mass is 9.68. The van der Waals surface area contributed by atoms with Crippen LogP contribution in [0.1, 0.15) is 81.5 Å². The highest BCUT2D eigenvalue weighted by Gasteiger charge is 2.43. The summed E-state index contributed by atoms with van der Waals surface area (Å²) >= 11 is 0. The molecule has 6 heteroatoms. The molecular formula is C29H39F2NO3. The maximum atomic E-state index is 13.4. The summed E-state index contributed by atoms with van der Waals surface area (Å²) in [6.45, 7) is 12.9. The van der Waals surface area contributed by atoms with Gasteiger partial charge in [0.05, 0.1) is 5.56 Å². The molecule has 0 heterocycles. The van der Waals surface area contributed by atoms with Crippen LogP contribution in [0.3, 0.4) is 0 Å². The molecular weight excluding hydrogens is 448 g/mol. The average Bonchev–Trinajstić information content (AvgIpc) is 2.76. The molecule has 0 saturated carbocycles. The molecule has 4 nitrogen and oxygen atoms in total. The van der Waals surface area contributed by atoms with Crippen LogP contribution >= 0.6 is 0 Å². The zero-order chi connectivity index (χ0) is 26.2. The van der Waals surface area contributed by atoms with Crippen LogP contribution in [0.25, 0.3) is 0 Å². The predicted molar refractivity (Wildman–Crippen MR) is 135 cm³/mol. The molecule has 1 atom stereocenters. The van der Waals surface area contributed by atoms with E-state index in [1.54, 1.807) is 0 Å². The molecule has 0 bridgehead atoms. The van der Waals surface area contributed by atoms with Crippen molar-refractivity contribution in [2.24, 2.45) is 23.2 Å². The summed E-state index contributed by atoms with van der Waals surface area (Å²) in [5.41, 5.74) is 0.148. The summed E-state index contributed by atoms with van der Waals surface area (Å²) in [7, 11) is 0. The summed E-state index contributed by atoms with van der Waals surface area (Å²) in [5.74, 6) is -0.802.